The van der Waals surface area contributed by atoms with Crippen LogP contribution in [0.1, 0.15) is 5.89 Å². The maximum atomic E-state index is 6.23. The summed E-state index contributed by atoms with van der Waals surface area (Å²) in [5.41, 5.74) is 10.9. The summed E-state index contributed by atoms with van der Waals surface area (Å²) in [7, 11) is 3.46. The molecule has 0 unspecified atom stereocenters. The van der Waals surface area contributed by atoms with Crippen LogP contribution >= 0.6 is 0 Å². The first kappa shape index (κ1) is 18.6. The summed E-state index contributed by atoms with van der Waals surface area (Å²) in [6, 6.07) is 9.64. The molecular weight excluding hydrogens is 398 g/mol. The van der Waals surface area contributed by atoms with Crippen LogP contribution in [0.5, 0.6) is 5.75 Å². The topological polar surface area (TPSA) is 134 Å². The van der Waals surface area contributed by atoms with Gasteiger partial charge in [0.2, 0.25) is 5.89 Å². The van der Waals surface area contributed by atoms with Gasteiger partial charge in [0.05, 0.1) is 18.5 Å². The molecule has 0 atom stereocenters. The molecule has 5 aromatic rings. The number of anilines is 3. The van der Waals surface area contributed by atoms with Crippen molar-refractivity contribution in [1.82, 2.24) is 34.5 Å². The third kappa shape index (κ3) is 3.21. The summed E-state index contributed by atoms with van der Waals surface area (Å²) in [6.07, 6.45) is 3.31. The first-order valence-electron chi connectivity index (χ1n) is 9.41. The molecule has 11 nitrogen and oxygen atoms in total. The van der Waals surface area contributed by atoms with Crippen LogP contribution in [0.25, 0.3) is 28.0 Å². The van der Waals surface area contributed by atoms with E-state index in [9.17, 15) is 0 Å². The molecular formula is C20H19N9O2. The van der Waals surface area contributed by atoms with Crippen molar-refractivity contribution in [2.24, 2.45) is 7.05 Å². The number of nitrogens with zero attached hydrogens (tertiary/aromatic N) is 7. The Labute approximate surface area is 176 Å². The average molecular weight is 417 g/mol. The van der Waals surface area contributed by atoms with E-state index < -0.39 is 0 Å². The molecule has 4 heterocycles. The minimum absolute atomic E-state index is 0.355. The number of methoxy groups -OCH3 is 1. The number of fused-ring (bicyclic) bond motifs is 1. The summed E-state index contributed by atoms with van der Waals surface area (Å²) in [6.45, 7) is 1.72. The molecule has 0 saturated heterocycles. The van der Waals surface area contributed by atoms with Crippen LogP contribution in [0.3, 0.4) is 0 Å². The first-order chi connectivity index (χ1) is 15.0. The second kappa shape index (κ2) is 7.13. The molecule has 31 heavy (non-hydrogen) atoms. The second-order valence-corrected chi connectivity index (χ2v) is 6.90. The summed E-state index contributed by atoms with van der Waals surface area (Å²) in [5, 5.41) is 15.9. The van der Waals surface area contributed by atoms with Crippen LogP contribution in [0.4, 0.5) is 17.5 Å². The number of hydrogen-bond acceptors (Lipinski definition) is 9. The van der Waals surface area contributed by atoms with Gasteiger partial charge in [-0.2, -0.15) is 15.2 Å². The first-order valence-corrected chi connectivity index (χ1v) is 9.41. The fourth-order valence-electron chi connectivity index (χ4n) is 3.45. The quantitative estimate of drug-likeness (QED) is 0.442. The van der Waals surface area contributed by atoms with Gasteiger partial charge in [-0.1, -0.05) is 6.07 Å². The van der Waals surface area contributed by atoms with Crippen LogP contribution in [0.2, 0.25) is 0 Å². The van der Waals surface area contributed by atoms with E-state index in [1.807, 2.05) is 43.6 Å². The minimum Gasteiger partial charge on any atom is -0.495 e. The summed E-state index contributed by atoms with van der Waals surface area (Å²) in [5.74, 6) is 1.80. The van der Waals surface area contributed by atoms with Crippen molar-refractivity contribution in [3.63, 3.8) is 0 Å². The zero-order valence-corrected chi connectivity index (χ0v) is 17.1. The molecule has 156 valence electrons. The van der Waals surface area contributed by atoms with Crippen molar-refractivity contribution in [2.75, 3.05) is 18.2 Å². The van der Waals surface area contributed by atoms with E-state index in [0.717, 1.165) is 22.5 Å². The molecule has 0 aliphatic rings. The number of nitrogen functional groups attached to an aromatic ring is 1. The summed E-state index contributed by atoms with van der Waals surface area (Å²) >= 11 is 0. The number of ether oxygens (including phenoxy) is 1. The standard InChI is InChI=1S/C20H19N9O2/c1-11-24-20(27-31-11)25-15-5-4-12(8-17(15)30-3)13-9-16(14-6-7-28(2)26-14)29-18(13)19(21)22-10-23-29/h4-10H,1-3H3,(H,25,27)(H2,21,22,23). The molecule has 3 N–H and O–H groups in total. The van der Waals surface area contributed by atoms with Crippen LogP contribution in [0.15, 0.2) is 47.4 Å². The molecule has 11 heteroatoms. The molecule has 5 rings (SSSR count). The van der Waals surface area contributed by atoms with E-state index in [-0.39, 0.29) is 0 Å². The number of aromatic nitrogens is 7. The van der Waals surface area contributed by atoms with Gasteiger partial charge in [-0.15, -0.1) is 0 Å². The van der Waals surface area contributed by atoms with E-state index in [1.165, 1.54) is 6.33 Å². The zero-order valence-electron chi connectivity index (χ0n) is 17.1. The Hall–Kier alpha value is -4.41. The fraction of sp³-hybridized carbons (Fsp3) is 0.150. The van der Waals surface area contributed by atoms with Gasteiger partial charge in [0.15, 0.2) is 5.82 Å². The summed E-state index contributed by atoms with van der Waals surface area (Å²) < 4.78 is 14.1. The van der Waals surface area contributed by atoms with Gasteiger partial charge in [-0.3, -0.25) is 4.68 Å². The maximum Gasteiger partial charge on any atom is 0.267 e. The molecule has 0 radical (unpaired) electrons. The number of nitrogens with one attached hydrogen (secondary N) is 1. The van der Waals surface area contributed by atoms with Crippen LogP contribution in [0, 0.1) is 6.92 Å². The Morgan fingerprint density at radius 3 is 2.77 bits per heavy atom. The maximum absolute atomic E-state index is 6.23. The fourth-order valence-corrected chi connectivity index (χ4v) is 3.45. The molecule has 0 aliphatic carbocycles. The number of nitrogens with two attached hydrogens (primary N) is 1. The highest BCUT2D eigenvalue weighted by Gasteiger charge is 2.19. The highest BCUT2D eigenvalue weighted by atomic mass is 16.5. The monoisotopic (exact) mass is 417 g/mol. The lowest BCUT2D eigenvalue weighted by molar-refractivity contribution is 0.394. The highest BCUT2D eigenvalue weighted by Crippen LogP contribution is 2.38. The van der Waals surface area contributed by atoms with Crippen LogP contribution in [-0.4, -0.2) is 41.6 Å². The normalized spacial score (nSPS) is 11.2. The predicted molar refractivity (Wildman–Crippen MR) is 114 cm³/mol. The zero-order chi connectivity index (χ0) is 21.5. The largest absolute Gasteiger partial charge is 0.495 e. The lowest BCUT2D eigenvalue weighted by Crippen LogP contribution is -2.01. The Morgan fingerprint density at radius 1 is 1.19 bits per heavy atom. The Kier molecular flexibility index (Phi) is 4.28. The number of hydrogen-bond donors (Lipinski definition) is 2. The van der Waals surface area contributed by atoms with Gasteiger partial charge in [-0.25, -0.2) is 9.50 Å². The molecule has 4 aromatic heterocycles. The third-order valence-electron chi connectivity index (χ3n) is 4.85. The van der Waals surface area contributed by atoms with E-state index in [0.29, 0.717) is 34.6 Å². The average Bonchev–Trinajstić information content (AvgIpc) is 3.47. The van der Waals surface area contributed by atoms with Gasteiger partial charge >= 0.3 is 0 Å². The Balaban J connectivity index is 1.63. The van der Waals surface area contributed by atoms with Gasteiger partial charge in [0, 0.05) is 25.7 Å². The number of benzene rings is 1. The van der Waals surface area contributed by atoms with E-state index in [4.69, 9.17) is 15.0 Å². The lowest BCUT2D eigenvalue weighted by atomic mass is 10.1. The molecule has 0 amide bonds. The van der Waals surface area contributed by atoms with Crippen molar-refractivity contribution in [2.45, 2.75) is 6.92 Å². The van der Waals surface area contributed by atoms with Gasteiger partial charge in [0.25, 0.3) is 5.95 Å². The van der Waals surface area contributed by atoms with Crippen molar-refractivity contribution >= 4 is 23.0 Å². The van der Waals surface area contributed by atoms with Gasteiger partial charge < -0.3 is 20.3 Å². The van der Waals surface area contributed by atoms with Crippen molar-refractivity contribution in [1.29, 1.82) is 0 Å². The van der Waals surface area contributed by atoms with E-state index >= 15 is 0 Å². The van der Waals surface area contributed by atoms with Gasteiger partial charge in [-0.05, 0) is 35.0 Å². The Morgan fingerprint density at radius 2 is 2.06 bits per heavy atom. The summed E-state index contributed by atoms with van der Waals surface area (Å²) in [4.78, 5) is 8.34. The predicted octanol–water partition coefficient (Wildman–Crippen LogP) is 2.82. The molecule has 0 fully saturated rings. The van der Waals surface area contributed by atoms with Crippen LogP contribution in [-0.2, 0) is 7.05 Å². The minimum atomic E-state index is 0.355. The van der Waals surface area contributed by atoms with E-state index in [1.54, 1.807) is 23.2 Å². The molecule has 0 bridgehead atoms. The third-order valence-corrected chi connectivity index (χ3v) is 4.85. The molecule has 0 spiro atoms. The SMILES string of the molecule is COc1cc(-c2cc(-c3ccn(C)n3)n3ncnc(N)c23)ccc1Nc1noc(C)n1. The van der Waals surface area contributed by atoms with Crippen molar-refractivity contribution in [3.8, 4) is 28.3 Å². The number of rotatable bonds is 5. The molecule has 0 saturated carbocycles. The van der Waals surface area contributed by atoms with Crippen molar-refractivity contribution < 1.29 is 9.26 Å². The lowest BCUT2D eigenvalue weighted by Gasteiger charge is -2.10. The number of aryl methyl sites for hydroxylation is 2. The smallest absolute Gasteiger partial charge is 0.267 e. The highest BCUT2D eigenvalue weighted by molar-refractivity contribution is 5.92. The van der Waals surface area contributed by atoms with Crippen LogP contribution < -0.4 is 15.8 Å². The second-order valence-electron chi connectivity index (χ2n) is 6.90. The van der Waals surface area contributed by atoms with E-state index in [2.05, 4.69) is 30.6 Å². The molecule has 1 aromatic carbocycles. The Bertz CT molecular complexity index is 1400. The van der Waals surface area contributed by atoms with Crippen molar-refractivity contribution in [3.05, 3.63) is 48.7 Å². The van der Waals surface area contributed by atoms with Gasteiger partial charge in [0.1, 0.15) is 23.3 Å². The molecule has 0 aliphatic heterocycles.